The summed E-state index contributed by atoms with van der Waals surface area (Å²) < 4.78 is 11.0. The van der Waals surface area contributed by atoms with Gasteiger partial charge in [-0.3, -0.25) is 9.59 Å². The number of methoxy groups -OCH3 is 1. The van der Waals surface area contributed by atoms with Crippen molar-refractivity contribution in [2.75, 3.05) is 25.2 Å². The number of carbonyl (C=O) groups excluding carboxylic acids is 2. The molecule has 1 heterocycles. The van der Waals surface area contributed by atoms with Crippen molar-refractivity contribution in [3.05, 3.63) is 95.7 Å². The van der Waals surface area contributed by atoms with Gasteiger partial charge in [0.15, 0.2) is 0 Å². The summed E-state index contributed by atoms with van der Waals surface area (Å²) in [4.78, 5) is 30.9. The fourth-order valence-corrected chi connectivity index (χ4v) is 4.12. The van der Waals surface area contributed by atoms with Gasteiger partial charge in [0.1, 0.15) is 17.2 Å². The molecule has 6 heteroatoms. The first kappa shape index (κ1) is 23.1. The maximum absolute atomic E-state index is 13.9. The second kappa shape index (κ2) is 10.3. The quantitative estimate of drug-likeness (QED) is 0.429. The van der Waals surface area contributed by atoms with Gasteiger partial charge in [0, 0.05) is 13.1 Å². The molecule has 0 spiro atoms. The lowest BCUT2D eigenvalue weighted by molar-refractivity contribution is -0.120. The summed E-state index contributed by atoms with van der Waals surface area (Å²) in [6.45, 7) is 5.34. The molecule has 0 bridgehead atoms. The molecule has 0 N–H and O–H groups in total. The first-order valence-corrected chi connectivity index (χ1v) is 11.4. The van der Waals surface area contributed by atoms with Crippen molar-refractivity contribution in [1.29, 1.82) is 0 Å². The highest BCUT2D eigenvalue weighted by Crippen LogP contribution is 2.39. The van der Waals surface area contributed by atoms with Crippen LogP contribution in [0.2, 0.25) is 0 Å². The molecule has 0 aliphatic carbocycles. The van der Waals surface area contributed by atoms with Crippen molar-refractivity contribution >= 4 is 23.1 Å². The number of hydrogen-bond donors (Lipinski definition) is 0. The summed E-state index contributed by atoms with van der Waals surface area (Å²) in [5.41, 5.74) is 2.91. The minimum atomic E-state index is -0.371. The Balaban J connectivity index is 1.84. The smallest absolute Gasteiger partial charge is 0.282 e. The first-order valence-electron chi connectivity index (χ1n) is 11.4. The molecule has 2 amide bonds. The van der Waals surface area contributed by atoms with Crippen LogP contribution in [-0.4, -0.2) is 37.0 Å². The van der Waals surface area contributed by atoms with E-state index in [9.17, 15) is 9.59 Å². The molecule has 1 aliphatic rings. The topological polar surface area (TPSA) is 59.1 Å². The minimum Gasteiger partial charge on any atom is -0.497 e. The van der Waals surface area contributed by atoms with E-state index >= 15 is 0 Å². The molecule has 6 nitrogen and oxygen atoms in total. The van der Waals surface area contributed by atoms with E-state index in [0.717, 1.165) is 5.56 Å². The van der Waals surface area contributed by atoms with Crippen molar-refractivity contribution in [3.8, 4) is 11.5 Å². The predicted octanol–water partition coefficient (Wildman–Crippen LogP) is 4.90. The molecule has 0 atom stereocenters. The Morgan fingerprint density at radius 2 is 1.50 bits per heavy atom. The number of likely N-dealkylation sites (N-methyl/N-ethyl adjacent to an activating group) is 1. The van der Waals surface area contributed by atoms with Gasteiger partial charge in [-0.2, -0.15) is 0 Å². The molecule has 0 aromatic heterocycles. The average molecular weight is 457 g/mol. The van der Waals surface area contributed by atoms with Gasteiger partial charge < -0.3 is 14.4 Å². The van der Waals surface area contributed by atoms with E-state index in [1.165, 1.54) is 4.90 Å². The Hall–Kier alpha value is -4.06. The molecular formula is C28H28N2O4. The van der Waals surface area contributed by atoms with Gasteiger partial charge in [0.2, 0.25) is 0 Å². The first-order chi connectivity index (χ1) is 16.6. The number of carbonyl (C=O) groups is 2. The third-order valence-electron chi connectivity index (χ3n) is 5.76. The van der Waals surface area contributed by atoms with E-state index in [1.54, 1.807) is 37.4 Å². The minimum absolute atomic E-state index is 0.360. The molecule has 0 saturated carbocycles. The highest BCUT2D eigenvalue weighted by Gasteiger charge is 2.43. The van der Waals surface area contributed by atoms with Gasteiger partial charge in [-0.25, -0.2) is 4.90 Å². The molecule has 0 fully saturated rings. The maximum Gasteiger partial charge on any atom is 0.282 e. The lowest BCUT2D eigenvalue weighted by atomic mass is 10.0. The molecule has 0 unspecified atom stereocenters. The number of benzene rings is 3. The second-order valence-electron chi connectivity index (χ2n) is 7.80. The summed E-state index contributed by atoms with van der Waals surface area (Å²) in [6, 6.07) is 24.3. The van der Waals surface area contributed by atoms with Gasteiger partial charge in [0.25, 0.3) is 11.8 Å². The fraction of sp³-hybridized carbons (Fsp3) is 0.214. The summed E-state index contributed by atoms with van der Waals surface area (Å²) in [5.74, 6) is 0.440. The molecule has 0 saturated heterocycles. The normalized spacial score (nSPS) is 13.4. The summed E-state index contributed by atoms with van der Waals surface area (Å²) >= 11 is 0. The van der Waals surface area contributed by atoms with Crippen LogP contribution in [0.1, 0.15) is 25.0 Å². The summed E-state index contributed by atoms with van der Waals surface area (Å²) in [5, 5.41) is 0. The van der Waals surface area contributed by atoms with Crippen LogP contribution in [0.3, 0.4) is 0 Å². The van der Waals surface area contributed by atoms with E-state index in [-0.39, 0.29) is 11.8 Å². The number of rotatable bonds is 9. The van der Waals surface area contributed by atoms with E-state index in [2.05, 4.69) is 0 Å². The Morgan fingerprint density at radius 3 is 2.15 bits per heavy atom. The molecule has 4 rings (SSSR count). The Labute approximate surface area is 200 Å². The molecular weight excluding hydrogens is 428 g/mol. The average Bonchev–Trinajstić information content (AvgIpc) is 3.13. The monoisotopic (exact) mass is 456 g/mol. The zero-order chi connectivity index (χ0) is 24.1. The second-order valence-corrected chi connectivity index (χ2v) is 7.80. The highest BCUT2D eigenvalue weighted by molar-refractivity contribution is 6.45. The van der Waals surface area contributed by atoms with Crippen LogP contribution >= 0.6 is 0 Å². The van der Waals surface area contributed by atoms with Gasteiger partial charge >= 0.3 is 0 Å². The standard InChI is InChI=1S/C28H28N2O4/c1-4-29(19-20-11-7-6-8-12-20)26-25(21-15-17-22(33-3)18-16-21)27(31)30(28(26)32)23-13-9-10-14-24(23)34-5-2/h6-18H,4-5,19H2,1-3H3. The van der Waals surface area contributed by atoms with Crippen LogP contribution in [0.25, 0.3) is 5.57 Å². The SMILES string of the molecule is CCOc1ccccc1N1C(=O)C(c2ccc(OC)cc2)=C(N(CC)Cc2ccccc2)C1=O. The number of amides is 2. The van der Waals surface area contributed by atoms with Crippen LogP contribution in [0, 0.1) is 0 Å². The molecule has 3 aromatic carbocycles. The zero-order valence-corrected chi connectivity index (χ0v) is 19.7. The van der Waals surface area contributed by atoms with Crippen molar-refractivity contribution < 1.29 is 19.1 Å². The van der Waals surface area contributed by atoms with Crippen LogP contribution in [0.4, 0.5) is 5.69 Å². The van der Waals surface area contributed by atoms with Crippen LogP contribution in [0.15, 0.2) is 84.6 Å². The maximum atomic E-state index is 13.9. The van der Waals surface area contributed by atoms with Gasteiger partial charge in [-0.15, -0.1) is 0 Å². The van der Waals surface area contributed by atoms with Crippen LogP contribution < -0.4 is 14.4 Å². The number of ether oxygens (including phenoxy) is 2. The van der Waals surface area contributed by atoms with Crippen molar-refractivity contribution in [3.63, 3.8) is 0 Å². The third-order valence-corrected chi connectivity index (χ3v) is 5.76. The Kier molecular flexibility index (Phi) is 6.97. The largest absolute Gasteiger partial charge is 0.497 e. The molecule has 1 aliphatic heterocycles. The van der Waals surface area contributed by atoms with Gasteiger partial charge in [-0.05, 0) is 49.2 Å². The molecule has 34 heavy (non-hydrogen) atoms. The Morgan fingerprint density at radius 1 is 0.824 bits per heavy atom. The van der Waals surface area contributed by atoms with Gasteiger partial charge in [-0.1, -0.05) is 54.6 Å². The van der Waals surface area contributed by atoms with E-state index in [0.29, 0.717) is 53.7 Å². The lowest BCUT2D eigenvalue weighted by Crippen LogP contribution is -2.35. The highest BCUT2D eigenvalue weighted by atomic mass is 16.5. The fourth-order valence-electron chi connectivity index (χ4n) is 4.12. The number of nitrogens with zero attached hydrogens (tertiary/aromatic N) is 2. The number of imide groups is 1. The van der Waals surface area contributed by atoms with E-state index in [1.807, 2.05) is 67.3 Å². The number of hydrogen-bond acceptors (Lipinski definition) is 5. The van der Waals surface area contributed by atoms with Crippen molar-refractivity contribution in [1.82, 2.24) is 4.90 Å². The van der Waals surface area contributed by atoms with Gasteiger partial charge in [0.05, 0.1) is 25.0 Å². The predicted molar refractivity (Wildman–Crippen MR) is 133 cm³/mol. The molecule has 174 valence electrons. The third kappa shape index (κ3) is 4.39. The molecule has 3 aromatic rings. The van der Waals surface area contributed by atoms with E-state index in [4.69, 9.17) is 9.47 Å². The summed E-state index contributed by atoms with van der Waals surface area (Å²) in [6.07, 6.45) is 0. The number of anilines is 1. The Bertz CT molecular complexity index is 1200. The van der Waals surface area contributed by atoms with Crippen molar-refractivity contribution in [2.45, 2.75) is 20.4 Å². The number of para-hydroxylation sites is 2. The van der Waals surface area contributed by atoms with Crippen LogP contribution in [0.5, 0.6) is 11.5 Å². The van der Waals surface area contributed by atoms with Crippen molar-refractivity contribution in [2.24, 2.45) is 0 Å². The lowest BCUT2D eigenvalue weighted by Gasteiger charge is -2.25. The van der Waals surface area contributed by atoms with Crippen LogP contribution in [-0.2, 0) is 16.1 Å². The molecule has 0 radical (unpaired) electrons. The zero-order valence-electron chi connectivity index (χ0n) is 19.7. The summed E-state index contributed by atoms with van der Waals surface area (Å²) in [7, 11) is 1.59. The van der Waals surface area contributed by atoms with E-state index < -0.39 is 0 Å².